The van der Waals surface area contributed by atoms with E-state index >= 15 is 0 Å². The summed E-state index contributed by atoms with van der Waals surface area (Å²) in [6, 6.07) is 11.4. The molecule has 1 aliphatic rings. The lowest BCUT2D eigenvalue weighted by Gasteiger charge is -2.33. The van der Waals surface area contributed by atoms with E-state index in [4.69, 9.17) is 9.47 Å². The lowest BCUT2D eigenvalue weighted by atomic mass is 9.98. The fraction of sp³-hybridized carbons (Fsp3) is 0.423. The Morgan fingerprint density at radius 3 is 2.53 bits per heavy atom. The van der Waals surface area contributed by atoms with Crippen LogP contribution in [0.1, 0.15) is 44.0 Å². The number of fused-ring (bicyclic) bond motifs is 1. The van der Waals surface area contributed by atoms with Gasteiger partial charge < -0.3 is 24.3 Å². The highest BCUT2D eigenvalue weighted by Gasteiger charge is 2.27. The lowest BCUT2D eigenvalue weighted by molar-refractivity contribution is 0.0165. The zero-order valence-electron chi connectivity index (χ0n) is 20.2. The number of nitrogens with zero attached hydrogens (tertiary/aromatic N) is 3. The zero-order chi connectivity index (χ0) is 24.3. The number of carbonyl (C=O) groups excluding carboxylic acids is 2. The first-order valence-electron chi connectivity index (χ1n) is 11.6. The van der Waals surface area contributed by atoms with E-state index in [2.05, 4.69) is 10.3 Å². The molecule has 1 saturated heterocycles. The first-order valence-corrected chi connectivity index (χ1v) is 11.6. The zero-order valence-corrected chi connectivity index (χ0v) is 20.2. The Balaban J connectivity index is 1.32. The summed E-state index contributed by atoms with van der Waals surface area (Å²) >= 11 is 0. The maximum absolute atomic E-state index is 12.2. The van der Waals surface area contributed by atoms with Crippen LogP contribution in [0.25, 0.3) is 16.7 Å². The molecule has 0 saturated carbocycles. The van der Waals surface area contributed by atoms with Crippen LogP contribution in [0.15, 0.2) is 48.8 Å². The average Bonchev–Trinajstić information content (AvgIpc) is 3.25. The predicted molar refractivity (Wildman–Crippen MR) is 130 cm³/mol. The molecular formula is C26H32N4O4. The van der Waals surface area contributed by atoms with Crippen LogP contribution in [0.4, 0.5) is 4.79 Å². The molecule has 34 heavy (non-hydrogen) atoms. The van der Waals surface area contributed by atoms with E-state index in [-0.39, 0.29) is 12.0 Å². The third kappa shape index (κ3) is 5.50. The van der Waals surface area contributed by atoms with Crippen LogP contribution >= 0.6 is 0 Å². The molecule has 3 aromatic rings. The third-order valence-electron chi connectivity index (χ3n) is 5.90. The number of likely N-dealkylation sites (tertiary alicyclic amines) is 1. The van der Waals surface area contributed by atoms with Gasteiger partial charge in [0.05, 0.1) is 18.3 Å². The molecule has 0 unspecified atom stereocenters. The lowest BCUT2D eigenvalue weighted by Crippen LogP contribution is -2.42. The molecule has 4 rings (SSSR count). The molecule has 2 aromatic heterocycles. The third-order valence-corrected chi connectivity index (χ3v) is 5.90. The number of piperidine rings is 1. The molecule has 1 aromatic carbocycles. The molecule has 180 valence electrons. The van der Waals surface area contributed by atoms with Crippen LogP contribution in [0.3, 0.4) is 0 Å². The van der Waals surface area contributed by atoms with E-state index in [0.29, 0.717) is 31.2 Å². The van der Waals surface area contributed by atoms with Gasteiger partial charge in [0.15, 0.2) is 0 Å². The van der Waals surface area contributed by atoms with Gasteiger partial charge in [-0.1, -0.05) is 0 Å². The molecule has 0 spiro atoms. The van der Waals surface area contributed by atoms with Gasteiger partial charge in [-0.3, -0.25) is 4.79 Å². The Morgan fingerprint density at radius 1 is 1.12 bits per heavy atom. The molecule has 0 atom stereocenters. The highest BCUT2D eigenvalue weighted by Crippen LogP contribution is 2.24. The minimum absolute atomic E-state index is 0.107. The van der Waals surface area contributed by atoms with Gasteiger partial charge in [-0.25, -0.2) is 9.78 Å². The quantitative estimate of drug-likeness (QED) is 0.605. The van der Waals surface area contributed by atoms with Gasteiger partial charge in [-0.2, -0.15) is 0 Å². The number of carbonyl (C=O) groups is 2. The van der Waals surface area contributed by atoms with Crippen molar-refractivity contribution in [3.8, 4) is 11.6 Å². The topological polar surface area (TPSA) is 85.7 Å². The summed E-state index contributed by atoms with van der Waals surface area (Å²) < 4.78 is 13.4. The molecule has 8 heteroatoms. The number of amides is 2. The van der Waals surface area contributed by atoms with Gasteiger partial charge >= 0.3 is 6.09 Å². The summed E-state index contributed by atoms with van der Waals surface area (Å²) in [7, 11) is 1.62. The first-order chi connectivity index (χ1) is 16.2. The molecular weight excluding hydrogens is 432 g/mol. The van der Waals surface area contributed by atoms with Crippen molar-refractivity contribution in [2.45, 2.75) is 39.2 Å². The van der Waals surface area contributed by atoms with Gasteiger partial charge in [0, 0.05) is 37.3 Å². The average molecular weight is 465 g/mol. The molecule has 8 nitrogen and oxygen atoms in total. The normalized spacial score (nSPS) is 14.8. The van der Waals surface area contributed by atoms with Crippen molar-refractivity contribution in [2.75, 3.05) is 26.7 Å². The molecule has 1 fully saturated rings. The van der Waals surface area contributed by atoms with Crippen LogP contribution in [0.2, 0.25) is 0 Å². The van der Waals surface area contributed by atoms with Crippen LogP contribution in [0.5, 0.6) is 5.75 Å². The van der Waals surface area contributed by atoms with Gasteiger partial charge in [0.25, 0.3) is 5.91 Å². The van der Waals surface area contributed by atoms with Crippen LogP contribution in [-0.2, 0) is 4.74 Å². The van der Waals surface area contributed by atoms with Crippen LogP contribution in [0, 0.1) is 5.92 Å². The summed E-state index contributed by atoms with van der Waals surface area (Å²) in [6.07, 6.45) is 5.21. The van der Waals surface area contributed by atoms with Gasteiger partial charge in [0.2, 0.25) is 0 Å². The maximum atomic E-state index is 12.2. The monoisotopic (exact) mass is 464 g/mol. The Morgan fingerprint density at radius 2 is 1.88 bits per heavy atom. The minimum atomic E-state index is -0.475. The van der Waals surface area contributed by atoms with Crippen LogP contribution < -0.4 is 10.1 Å². The number of benzene rings is 1. The fourth-order valence-corrected chi connectivity index (χ4v) is 4.05. The predicted octanol–water partition coefficient (Wildman–Crippen LogP) is 4.41. The summed E-state index contributed by atoms with van der Waals surface area (Å²) in [6.45, 7) is 7.61. The second-order valence-electron chi connectivity index (χ2n) is 9.61. The molecule has 0 radical (unpaired) electrons. The van der Waals surface area contributed by atoms with Crippen molar-refractivity contribution in [2.24, 2.45) is 5.92 Å². The number of ether oxygens (including phenoxy) is 2. The van der Waals surface area contributed by atoms with Crippen LogP contribution in [-0.4, -0.2) is 58.8 Å². The largest absolute Gasteiger partial charge is 0.492 e. The van der Waals surface area contributed by atoms with Gasteiger partial charge in [-0.05, 0) is 75.9 Å². The second-order valence-corrected chi connectivity index (χ2v) is 9.61. The molecule has 2 amide bonds. The number of pyridine rings is 1. The van der Waals surface area contributed by atoms with Crippen molar-refractivity contribution in [3.63, 3.8) is 0 Å². The van der Waals surface area contributed by atoms with E-state index in [1.165, 1.54) is 0 Å². The van der Waals surface area contributed by atoms with Crippen molar-refractivity contribution in [3.05, 3.63) is 54.4 Å². The second kappa shape index (κ2) is 9.75. The Hall–Kier alpha value is -3.55. The van der Waals surface area contributed by atoms with Crippen molar-refractivity contribution in [1.29, 1.82) is 0 Å². The van der Waals surface area contributed by atoms with Crippen molar-refractivity contribution >= 4 is 22.9 Å². The van der Waals surface area contributed by atoms with E-state index in [1.807, 2.05) is 67.9 Å². The maximum Gasteiger partial charge on any atom is 0.410 e. The summed E-state index contributed by atoms with van der Waals surface area (Å²) in [5.74, 6) is 1.78. The molecule has 3 heterocycles. The summed E-state index contributed by atoms with van der Waals surface area (Å²) in [5, 5.41) is 3.62. The van der Waals surface area contributed by atoms with Gasteiger partial charge in [0.1, 0.15) is 17.2 Å². The molecule has 1 aliphatic heterocycles. The van der Waals surface area contributed by atoms with Crippen molar-refractivity contribution in [1.82, 2.24) is 19.8 Å². The number of nitrogens with one attached hydrogen (secondary N) is 1. The Bertz CT molecular complexity index is 1160. The highest BCUT2D eigenvalue weighted by atomic mass is 16.6. The first kappa shape index (κ1) is 23.6. The fourth-order valence-electron chi connectivity index (χ4n) is 4.05. The molecule has 1 N–H and O–H groups in total. The van der Waals surface area contributed by atoms with Crippen molar-refractivity contribution < 1.29 is 19.1 Å². The van der Waals surface area contributed by atoms with E-state index in [9.17, 15) is 9.59 Å². The summed E-state index contributed by atoms with van der Waals surface area (Å²) in [5.41, 5.74) is 1.13. The standard InChI is InChI=1S/C26H32N4O4/c1-26(2,3)34-25(32)29-12-9-18(10-13-29)17-33-21-6-8-23(28-16-21)30-14-11-19-15-20(24(31)27-4)5-7-22(19)30/h5-8,11,14-16,18H,9-10,12-13,17H2,1-4H3,(H,27,31). The molecule has 0 bridgehead atoms. The Kier molecular flexibility index (Phi) is 6.77. The van der Waals surface area contributed by atoms with E-state index in [0.717, 1.165) is 35.3 Å². The Labute approximate surface area is 199 Å². The highest BCUT2D eigenvalue weighted by molar-refractivity contribution is 5.98. The van der Waals surface area contributed by atoms with E-state index < -0.39 is 5.60 Å². The number of hydrogen-bond donors (Lipinski definition) is 1. The van der Waals surface area contributed by atoms with E-state index in [1.54, 1.807) is 18.1 Å². The number of aromatic nitrogens is 2. The number of rotatable bonds is 5. The SMILES string of the molecule is CNC(=O)c1ccc2c(ccn2-c2ccc(OCC3CCN(C(=O)OC(C)(C)C)CC3)cn2)c1. The molecule has 0 aliphatic carbocycles. The summed E-state index contributed by atoms with van der Waals surface area (Å²) in [4.78, 5) is 30.4. The number of hydrogen-bond acceptors (Lipinski definition) is 5. The smallest absolute Gasteiger partial charge is 0.410 e. The minimum Gasteiger partial charge on any atom is -0.492 e. The van der Waals surface area contributed by atoms with Gasteiger partial charge in [-0.15, -0.1) is 0 Å².